The second kappa shape index (κ2) is 6.14. The Balaban J connectivity index is 3.03. The highest BCUT2D eigenvalue weighted by Crippen LogP contribution is 2.22. The third-order valence-corrected chi connectivity index (χ3v) is 4.95. The number of Topliss-reactive ketones (excluding diaryl/α,β-unsaturated/α-hetero) is 1. The summed E-state index contributed by atoms with van der Waals surface area (Å²) in [5.41, 5.74) is 0.889. The Morgan fingerprint density at radius 2 is 1.72 bits per heavy atom. The lowest BCUT2D eigenvalue weighted by Gasteiger charge is -2.12. The molecular weight excluding hydrogens is 248 g/mol. The van der Waals surface area contributed by atoms with Crippen molar-refractivity contribution in [2.24, 2.45) is 0 Å². The van der Waals surface area contributed by atoms with Crippen LogP contribution in [-0.2, 0) is 14.6 Å². The number of sulfone groups is 1. The Labute approximate surface area is 109 Å². The van der Waals surface area contributed by atoms with Crippen LogP contribution < -0.4 is 0 Å². The van der Waals surface area contributed by atoms with Crippen molar-refractivity contribution >= 4 is 15.6 Å². The van der Waals surface area contributed by atoms with Gasteiger partial charge >= 0.3 is 0 Å². The van der Waals surface area contributed by atoms with Crippen molar-refractivity contribution < 1.29 is 13.2 Å². The molecule has 18 heavy (non-hydrogen) atoms. The molecule has 0 aromatic heterocycles. The van der Waals surface area contributed by atoms with Crippen LogP contribution in [0.25, 0.3) is 0 Å². The van der Waals surface area contributed by atoms with Crippen LogP contribution in [0.4, 0.5) is 0 Å². The molecule has 0 radical (unpaired) electrons. The molecule has 100 valence electrons. The smallest absolute Gasteiger partial charge is 0.178 e. The van der Waals surface area contributed by atoms with E-state index < -0.39 is 9.84 Å². The monoisotopic (exact) mass is 268 g/mol. The summed E-state index contributed by atoms with van der Waals surface area (Å²) in [6.45, 7) is 5.36. The van der Waals surface area contributed by atoms with E-state index in [1.807, 2.05) is 13.8 Å². The Hall–Kier alpha value is -1.16. The summed E-state index contributed by atoms with van der Waals surface area (Å²) in [6.07, 6.45) is 1.34. The van der Waals surface area contributed by atoms with Gasteiger partial charge in [0, 0.05) is 5.92 Å². The highest BCUT2D eigenvalue weighted by Gasteiger charge is 2.17. The van der Waals surface area contributed by atoms with E-state index in [1.54, 1.807) is 31.2 Å². The lowest BCUT2D eigenvalue weighted by atomic mass is 9.93. The van der Waals surface area contributed by atoms with Gasteiger partial charge in [-0.25, -0.2) is 8.42 Å². The lowest BCUT2D eigenvalue weighted by molar-refractivity contribution is -0.118. The van der Waals surface area contributed by atoms with Gasteiger partial charge in [-0.2, -0.15) is 0 Å². The van der Waals surface area contributed by atoms with Gasteiger partial charge in [0.15, 0.2) is 9.84 Å². The van der Waals surface area contributed by atoms with E-state index in [1.165, 1.54) is 0 Å². The molecule has 0 saturated carbocycles. The summed E-state index contributed by atoms with van der Waals surface area (Å²) in [6, 6.07) is 6.70. The molecule has 0 spiro atoms. The molecule has 1 atom stereocenters. The topological polar surface area (TPSA) is 51.2 Å². The van der Waals surface area contributed by atoms with Gasteiger partial charge in [-0.05, 0) is 37.5 Å². The highest BCUT2D eigenvalue weighted by atomic mass is 32.2. The maximum atomic E-state index is 11.8. The third-order valence-electron chi connectivity index (χ3n) is 3.01. The molecule has 1 unspecified atom stereocenters. The summed E-state index contributed by atoms with van der Waals surface area (Å²) in [5.74, 6) is 0.144. The Morgan fingerprint density at radius 1 is 1.17 bits per heavy atom. The molecule has 0 bridgehead atoms. The maximum Gasteiger partial charge on any atom is 0.178 e. The number of carbonyl (C=O) groups is 1. The summed E-state index contributed by atoms with van der Waals surface area (Å²) in [4.78, 5) is 11.8. The molecule has 3 nitrogen and oxygen atoms in total. The van der Waals surface area contributed by atoms with Crippen LogP contribution >= 0.6 is 0 Å². The van der Waals surface area contributed by atoms with Gasteiger partial charge in [0.05, 0.1) is 10.6 Å². The molecule has 0 saturated heterocycles. The maximum absolute atomic E-state index is 11.8. The Morgan fingerprint density at radius 3 is 2.11 bits per heavy atom. The van der Waals surface area contributed by atoms with Crippen molar-refractivity contribution in [2.45, 2.75) is 44.4 Å². The minimum absolute atomic E-state index is 0.113. The SMILES string of the molecule is CCCS(=O)(=O)c1ccc(C(CC)C(C)=O)cc1. The summed E-state index contributed by atoms with van der Waals surface area (Å²) in [7, 11) is -3.16. The predicted molar refractivity (Wildman–Crippen MR) is 72.5 cm³/mol. The third kappa shape index (κ3) is 3.42. The van der Waals surface area contributed by atoms with Crippen LogP contribution in [0.15, 0.2) is 29.2 Å². The molecular formula is C14H20O3S. The molecule has 0 aliphatic heterocycles. The van der Waals surface area contributed by atoms with Crippen LogP contribution in [0, 0.1) is 0 Å². The van der Waals surface area contributed by atoms with Crippen LogP contribution in [0.3, 0.4) is 0 Å². The molecule has 0 heterocycles. The molecule has 1 aromatic rings. The zero-order valence-corrected chi connectivity index (χ0v) is 12.0. The van der Waals surface area contributed by atoms with Crippen molar-refractivity contribution in [1.82, 2.24) is 0 Å². The largest absolute Gasteiger partial charge is 0.299 e. The summed E-state index contributed by atoms with van der Waals surface area (Å²) >= 11 is 0. The average Bonchev–Trinajstić information content (AvgIpc) is 2.30. The summed E-state index contributed by atoms with van der Waals surface area (Å²) in [5, 5.41) is 0. The molecule has 1 aromatic carbocycles. The molecule has 1 rings (SSSR count). The first kappa shape index (κ1) is 14.9. The normalized spacial score (nSPS) is 13.3. The number of hydrogen-bond acceptors (Lipinski definition) is 3. The number of carbonyl (C=O) groups excluding carboxylic acids is 1. The van der Waals surface area contributed by atoms with Gasteiger partial charge in [-0.15, -0.1) is 0 Å². The van der Waals surface area contributed by atoms with Gasteiger partial charge in [0.1, 0.15) is 5.78 Å². The standard InChI is InChI=1S/C14H20O3S/c1-4-10-18(16,17)13-8-6-12(7-9-13)14(5-2)11(3)15/h6-9,14H,4-5,10H2,1-3H3. The zero-order chi connectivity index (χ0) is 13.8. The quantitative estimate of drug-likeness (QED) is 0.797. The molecule has 0 amide bonds. The van der Waals surface area contributed by atoms with Crippen molar-refractivity contribution in [3.63, 3.8) is 0 Å². The minimum Gasteiger partial charge on any atom is -0.299 e. The second-order valence-electron chi connectivity index (χ2n) is 4.46. The van der Waals surface area contributed by atoms with Crippen molar-refractivity contribution in [3.05, 3.63) is 29.8 Å². The molecule has 0 N–H and O–H groups in total. The molecule has 0 aliphatic carbocycles. The number of hydrogen-bond donors (Lipinski definition) is 0. The van der Waals surface area contributed by atoms with Crippen molar-refractivity contribution in [2.75, 3.05) is 5.75 Å². The van der Waals surface area contributed by atoms with Crippen molar-refractivity contribution in [3.8, 4) is 0 Å². The first-order valence-electron chi connectivity index (χ1n) is 6.25. The fourth-order valence-electron chi connectivity index (χ4n) is 2.05. The fourth-order valence-corrected chi connectivity index (χ4v) is 3.38. The van der Waals surface area contributed by atoms with E-state index in [0.29, 0.717) is 11.3 Å². The number of rotatable bonds is 6. The van der Waals surface area contributed by atoms with Gasteiger partial charge in [-0.1, -0.05) is 26.0 Å². The first-order valence-corrected chi connectivity index (χ1v) is 7.90. The summed E-state index contributed by atoms with van der Waals surface area (Å²) < 4.78 is 23.7. The molecule has 0 fully saturated rings. The highest BCUT2D eigenvalue weighted by molar-refractivity contribution is 7.91. The van der Waals surface area contributed by atoms with E-state index in [9.17, 15) is 13.2 Å². The predicted octanol–water partition coefficient (Wildman–Crippen LogP) is 2.95. The minimum atomic E-state index is -3.16. The Bertz CT molecular complexity index is 500. The van der Waals surface area contributed by atoms with Gasteiger partial charge in [0.2, 0.25) is 0 Å². The van der Waals surface area contributed by atoms with Crippen LogP contribution in [0.1, 0.15) is 45.1 Å². The fraction of sp³-hybridized carbons (Fsp3) is 0.500. The van der Waals surface area contributed by atoms with Gasteiger partial charge in [0.25, 0.3) is 0 Å². The average molecular weight is 268 g/mol. The number of benzene rings is 1. The van der Waals surface area contributed by atoms with E-state index >= 15 is 0 Å². The molecule has 0 aliphatic rings. The van der Waals surface area contributed by atoms with Crippen LogP contribution in [-0.4, -0.2) is 20.0 Å². The first-order chi connectivity index (χ1) is 8.42. The van der Waals surface area contributed by atoms with E-state index in [2.05, 4.69) is 0 Å². The number of ketones is 1. The van der Waals surface area contributed by atoms with E-state index in [-0.39, 0.29) is 17.5 Å². The van der Waals surface area contributed by atoms with Gasteiger partial charge < -0.3 is 0 Å². The van der Waals surface area contributed by atoms with Crippen LogP contribution in [0.2, 0.25) is 0 Å². The molecule has 4 heteroatoms. The second-order valence-corrected chi connectivity index (χ2v) is 6.57. The zero-order valence-electron chi connectivity index (χ0n) is 11.1. The lowest BCUT2D eigenvalue weighted by Crippen LogP contribution is -2.09. The van der Waals surface area contributed by atoms with Gasteiger partial charge in [-0.3, -0.25) is 4.79 Å². The van der Waals surface area contributed by atoms with Crippen molar-refractivity contribution in [1.29, 1.82) is 0 Å². The van der Waals surface area contributed by atoms with Crippen LogP contribution in [0.5, 0.6) is 0 Å². The van der Waals surface area contributed by atoms with E-state index in [0.717, 1.165) is 12.0 Å². The van der Waals surface area contributed by atoms with E-state index in [4.69, 9.17) is 0 Å². The Kier molecular flexibility index (Phi) is 5.08.